The Hall–Kier alpha value is -2.67. The van der Waals surface area contributed by atoms with Crippen LogP contribution in [0.25, 0.3) is 6.08 Å². The Labute approximate surface area is 165 Å². The summed E-state index contributed by atoms with van der Waals surface area (Å²) in [6, 6.07) is 12.9. The van der Waals surface area contributed by atoms with E-state index < -0.39 is 6.36 Å². The fourth-order valence-corrected chi connectivity index (χ4v) is 3.18. The van der Waals surface area contributed by atoms with Gasteiger partial charge in [0.15, 0.2) is 0 Å². The van der Waals surface area contributed by atoms with Crippen LogP contribution in [0.3, 0.4) is 0 Å². The van der Waals surface area contributed by atoms with E-state index in [2.05, 4.69) is 9.64 Å². The molecule has 1 heterocycles. The Kier molecular flexibility index (Phi) is 6.14. The molecule has 148 valence electrons. The molecule has 8 heteroatoms. The first-order valence-corrected chi connectivity index (χ1v) is 9.02. The van der Waals surface area contributed by atoms with Crippen molar-refractivity contribution in [1.82, 2.24) is 4.90 Å². The summed E-state index contributed by atoms with van der Waals surface area (Å²) in [6.07, 6.45) is -1.73. The molecule has 1 saturated heterocycles. The Morgan fingerprint density at radius 3 is 2.25 bits per heavy atom. The third kappa shape index (κ3) is 5.42. The van der Waals surface area contributed by atoms with Crippen molar-refractivity contribution in [1.29, 1.82) is 0 Å². The van der Waals surface area contributed by atoms with Crippen molar-refractivity contribution in [3.63, 3.8) is 0 Å². The summed E-state index contributed by atoms with van der Waals surface area (Å²) in [7, 11) is 0. The first-order chi connectivity index (χ1) is 13.3. The van der Waals surface area contributed by atoms with Gasteiger partial charge >= 0.3 is 6.36 Å². The van der Waals surface area contributed by atoms with Gasteiger partial charge in [0.2, 0.25) is 5.91 Å². The molecule has 2 aromatic carbocycles. The molecule has 2 aromatic rings. The lowest BCUT2D eigenvalue weighted by Gasteiger charge is -2.36. The maximum absolute atomic E-state index is 12.4. The second kappa shape index (κ2) is 8.56. The lowest BCUT2D eigenvalue weighted by Crippen LogP contribution is -2.48. The monoisotopic (exact) mass is 410 g/mol. The van der Waals surface area contributed by atoms with Crippen LogP contribution in [0.2, 0.25) is 5.02 Å². The first kappa shape index (κ1) is 20.1. The van der Waals surface area contributed by atoms with E-state index in [4.69, 9.17) is 11.6 Å². The fourth-order valence-electron chi connectivity index (χ4n) is 2.93. The number of piperazine rings is 1. The zero-order valence-corrected chi connectivity index (χ0v) is 15.6. The van der Waals surface area contributed by atoms with Gasteiger partial charge in [0.05, 0.1) is 10.7 Å². The molecule has 1 aliphatic rings. The third-order valence-electron chi connectivity index (χ3n) is 4.32. The fraction of sp³-hybridized carbons (Fsp3) is 0.250. The maximum atomic E-state index is 12.4. The van der Waals surface area contributed by atoms with Gasteiger partial charge in [-0.05, 0) is 35.9 Å². The van der Waals surface area contributed by atoms with Gasteiger partial charge in [0.25, 0.3) is 0 Å². The largest absolute Gasteiger partial charge is 0.573 e. The van der Waals surface area contributed by atoms with Gasteiger partial charge in [-0.15, -0.1) is 13.2 Å². The van der Waals surface area contributed by atoms with E-state index >= 15 is 0 Å². The highest BCUT2D eigenvalue weighted by molar-refractivity contribution is 6.33. The quantitative estimate of drug-likeness (QED) is 0.690. The van der Waals surface area contributed by atoms with Crippen LogP contribution in [-0.2, 0) is 4.79 Å². The molecule has 0 bridgehead atoms. The van der Waals surface area contributed by atoms with Crippen molar-refractivity contribution in [2.45, 2.75) is 6.36 Å². The van der Waals surface area contributed by atoms with Crippen molar-refractivity contribution in [2.24, 2.45) is 0 Å². The maximum Gasteiger partial charge on any atom is 0.573 e. The van der Waals surface area contributed by atoms with Crippen LogP contribution in [0, 0.1) is 0 Å². The van der Waals surface area contributed by atoms with Gasteiger partial charge in [0, 0.05) is 32.3 Å². The Morgan fingerprint density at radius 1 is 1.00 bits per heavy atom. The molecule has 4 nitrogen and oxygen atoms in total. The van der Waals surface area contributed by atoms with Crippen LogP contribution >= 0.6 is 11.6 Å². The Bertz CT molecular complexity index is 845. The molecule has 0 spiro atoms. The highest BCUT2D eigenvalue weighted by Gasteiger charge is 2.30. The molecule has 0 atom stereocenters. The van der Waals surface area contributed by atoms with Crippen molar-refractivity contribution >= 4 is 29.3 Å². The van der Waals surface area contributed by atoms with Gasteiger partial charge in [-0.25, -0.2) is 0 Å². The number of hydrogen-bond acceptors (Lipinski definition) is 3. The summed E-state index contributed by atoms with van der Waals surface area (Å²) in [6.45, 7) is 2.47. The molecule has 3 rings (SSSR count). The van der Waals surface area contributed by atoms with Gasteiger partial charge in [-0.2, -0.15) is 0 Å². The second-order valence-corrected chi connectivity index (χ2v) is 6.62. The van der Waals surface area contributed by atoms with E-state index in [-0.39, 0.29) is 11.7 Å². The van der Waals surface area contributed by atoms with E-state index in [1.165, 1.54) is 30.3 Å². The van der Waals surface area contributed by atoms with Gasteiger partial charge in [-0.3, -0.25) is 4.79 Å². The van der Waals surface area contributed by atoms with Crippen LogP contribution in [-0.4, -0.2) is 43.3 Å². The standard InChI is InChI=1S/C20H18ClF3N2O2/c21-17-3-1-2-4-18(17)25-11-13-26(14-12-25)19(27)10-7-15-5-8-16(9-6-15)28-20(22,23)24/h1-10H,11-14H2/b10-7+. The number of halogens is 4. The van der Waals surface area contributed by atoms with E-state index in [0.717, 1.165) is 5.69 Å². The minimum atomic E-state index is -4.72. The van der Waals surface area contributed by atoms with Crippen LogP contribution in [0.5, 0.6) is 5.75 Å². The summed E-state index contributed by atoms with van der Waals surface area (Å²) < 4.78 is 40.3. The van der Waals surface area contributed by atoms with Crippen molar-refractivity contribution in [3.05, 3.63) is 65.2 Å². The van der Waals surface area contributed by atoms with Crippen LogP contribution < -0.4 is 9.64 Å². The number of rotatable bonds is 4. The van der Waals surface area contributed by atoms with Gasteiger partial charge in [0.1, 0.15) is 5.75 Å². The van der Waals surface area contributed by atoms with Crippen molar-refractivity contribution < 1.29 is 22.7 Å². The summed E-state index contributed by atoms with van der Waals surface area (Å²) >= 11 is 6.22. The number of benzene rings is 2. The zero-order valence-electron chi connectivity index (χ0n) is 14.8. The molecule has 1 aliphatic heterocycles. The average Bonchev–Trinajstić information content (AvgIpc) is 2.66. The summed E-state index contributed by atoms with van der Waals surface area (Å²) in [4.78, 5) is 16.2. The van der Waals surface area contributed by atoms with Crippen LogP contribution in [0.4, 0.5) is 18.9 Å². The van der Waals surface area contributed by atoms with Crippen LogP contribution in [0.1, 0.15) is 5.56 Å². The number of hydrogen-bond donors (Lipinski definition) is 0. The highest BCUT2D eigenvalue weighted by Crippen LogP contribution is 2.26. The molecule has 1 fully saturated rings. The van der Waals surface area contributed by atoms with Crippen molar-refractivity contribution in [3.8, 4) is 5.75 Å². The smallest absolute Gasteiger partial charge is 0.406 e. The molecule has 0 unspecified atom stereocenters. The molecular weight excluding hydrogens is 393 g/mol. The van der Waals surface area contributed by atoms with Gasteiger partial charge < -0.3 is 14.5 Å². The first-order valence-electron chi connectivity index (χ1n) is 8.64. The molecule has 0 aromatic heterocycles. The Morgan fingerprint density at radius 2 is 1.64 bits per heavy atom. The Balaban J connectivity index is 1.53. The lowest BCUT2D eigenvalue weighted by atomic mass is 10.2. The molecule has 0 radical (unpaired) electrons. The van der Waals surface area contributed by atoms with Crippen LogP contribution in [0.15, 0.2) is 54.6 Å². The predicted molar refractivity (Wildman–Crippen MR) is 102 cm³/mol. The topological polar surface area (TPSA) is 32.8 Å². The number of carbonyl (C=O) groups excluding carboxylic acids is 1. The van der Waals surface area contributed by atoms with E-state index in [9.17, 15) is 18.0 Å². The van der Waals surface area contributed by atoms with Crippen molar-refractivity contribution in [2.75, 3.05) is 31.1 Å². The number of amides is 1. The zero-order chi connectivity index (χ0) is 20.1. The molecule has 0 N–H and O–H groups in total. The summed E-state index contributed by atoms with van der Waals surface area (Å²) in [5, 5.41) is 0.681. The SMILES string of the molecule is O=C(/C=C/c1ccc(OC(F)(F)F)cc1)N1CCN(c2ccccc2Cl)CC1. The number of para-hydroxylation sites is 1. The van der Waals surface area contributed by atoms with E-state index in [1.807, 2.05) is 24.3 Å². The predicted octanol–water partition coefficient (Wildman–Crippen LogP) is 4.60. The molecule has 0 aliphatic carbocycles. The summed E-state index contributed by atoms with van der Waals surface area (Å²) in [5.41, 5.74) is 1.56. The molecular formula is C20H18ClF3N2O2. The number of alkyl halides is 3. The van der Waals surface area contributed by atoms with Gasteiger partial charge in [-0.1, -0.05) is 35.9 Å². The molecule has 0 saturated carbocycles. The highest BCUT2D eigenvalue weighted by atomic mass is 35.5. The minimum Gasteiger partial charge on any atom is -0.406 e. The number of ether oxygens (including phenoxy) is 1. The van der Waals surface area contributed by atoms with E-state index in [0.29, 0.717) is 36.8 Å². The normalized spacial score (nSPS) is 15.1. The second-order valence-electron chi connectivity index (χ2n) is 6.21. The molecule has 28 heavy (non-hydrogen) atoms. The lowest BCUT2D eigenvalue weighted by molar-refractivity contribution is -0.274. The number of carbonyl (C=O) groups is 1. The summed E-state index contributed by atoms with van der Waals surface area (Å²) in [5.74, 6) is -0.443. The third-order valence-corrected chi connectivity index (χ3v) is 4.64. The molecule has 1 amide bonds. The number of nitrogens with zero attached hydrogens (tertiary/aromatic N) is 2. The number of anilines is 1. The average molecular weight is 411 g/mol. The van der Waals surface area contributed by atoms with E-state index in [1.54, 1.807) is 11.0 Å². The minimum absolute atomic E-state index is 0.144.